The molecule has 1 saturated carbocycles. The van der Waals surface area contributed by atoms with Crippen LogP contribution in [-0.4, -0.2) is 31.8 Å². The molecule has 1 aliphatic rings. The molecule has 0 radical (unpaired) electrons. The Kier molecular flexibility index (Phi) is 2.66. The molecule has 0 amide bonds. The summed E-state index contributed by atoms with van der Waals surface area (Å²) in [6, 6.07) is 0. The van der Waals surface area contributed by atoms with Gasteiger partial charge in [-0.3, -0.25) is 0 Å². The minimum absolute atomic E-state index is 0.423. The lowest BCUT2D eigenvalue weighted by atomic mass is 9.99. The zero-order chi connectivity index (χ0) is 8.32. The van der Waals surface area contributed by atoms with E-state index in [0.29, 0.717) is 5.41 Å². The van der Waals surface area contributed by atoms with E-state index in [2.05, 4.69) is 19.0 Å². The van der Waals surface area contributed by atoms with E-state index >= 15 is 0 Å². The molecule has 0 aliphatic heterocycles. The predicted octanol–water partition coefficient (Wildman–Crippen LogP) is 1.31. The van der Waals surface area contributed by atoms with Crippen LogP contribution < -0.4 is 0 Å². The van der Waals surface area contributed by atoms with E-state index in [1.54, 1.807) is 0 Å². The fourth-order valence-corrected chi connectivity index (χ4v) is 1.37. The minimum atomic E-state index is 0.423. The first-order chi connectivity index (χ1) is 5.18. The van der Waals surface area contributed by atoms with E-state index in [9.17, 15) is 4.79 Å². The van der Waals surface area contributed by atoms with Gasteiger partial charge in [-0.05, 0) is 45.3 Å². The zero-order valence-electron chi connectivity index (χ0n) is 7.47. The molecule has 0 N–H and O–H groups in total. The summed E-state index contributed by atoms with van der Waals surface area (Å²) >= 11 is 0. The molecule has 0 aromatic carbocycles. The number of carbonyl (C=O) groups excluding carboxylic acids is 1. The summed E-state index contributed by atoms with van der Waals surface area (Å²) in [4.78, 5) is 12.5. The fraction of sp³-hybridized carbons (Fsp3) is 0.889. The van der Waals surface area contributed by atoms with Crippen molar-refractivity contribution in [2.45, 2.75) is 25.7 Å². The first-order valence-electron chi connectivity index (χ1n) is 4.27. The summed E-state index contributed by atoms with van der Waals surface area (Å²) in [5.74, 6) is 0. The Balaban J connectivity index is 2.19. The SMILES string of the molecule is CN(C)CCC1(CC=O)CC1. The van der Waals surface area contributed by atoms with Gasteiger partial charge >= 0.3 is 0 Å². The van der Waals surface area contributed by atoms with Gasteiger partial charge in [0, 0.05) is 6.42 Å². The van der Waals surface area contributed by atoms with Crippen molar-refractivity contribution >= 4 is 6.29 Å². The lowest BCUT2D eigenvalue weighted by Crippen LogP contribution is -2.17. The highest BCUT2D eigenvalue weighted by molar-refractivity contribution is 5.51. The molecule has 11 heavy (non-hydrogen) atoms. The monoisotopic (exact) mass is 155 g/mol. The van der Waals surface area contributed by atoms with Crippen molar-refractivity contribution in [2.75, 3.05) is 20.6 Å². The van der Waals surface area contributed by atoms with Crippen LogP contribution in [0.2, 0.25) is 0 Å². The van der Waals surface area contributed by atoms with Gasteiger partial charge in [0.2, 0.25) is 0 Å². The van der Waals surface area contributed by atoms with Crippen LogP contribution in [0, 0.1) is 5.41 Å². The average Bonchev–Trinajstić information content (AvgIpc) is 2.67. The van der Waals surface area contributed by atoms with Crippen LogP contribution in [0.25, 0.3) is 0 Å². The van der Waals surface area contributed by atoms with Crippen LogP contribution in [0.4, 0.5) is 0 Å². The number of nitrogens with zero attached hydrogens (tertiary/aromatic N) is 1. The summed E-state index contributed by atoms with van der Waals surface area (Å²) < 4.78 is 0. The summed E-state index contributed by atoms with van der Waals surface area (Å²) in [6.45, 7) is 1.12. The third kappa shape index (κ3) is 2.62. The lowest BCUT2D eigenvalue weighted by molar-refractivity contribution is -0.108. The largest absolute Gasteiger partial charge is 0.309 e. The van der Waals surface area contributed by atoms with E-state index < -0.39 is 0 Å². The third-order valence-corrected chi connectivity index (χ3v) is 2.56. The highest BCUT2D eigenvalue weighted by atomic mass is 16.1. The molecule has 64 valence electrons. The zero-order valence-corrected chi connectivity index (χ0v) is 7.47. The van der Waals surface area contributed by atoms with Crippen LogP contribution in [0.1, 0.15) is 25.7 Å². The molecule has 0 atom stereocenters. The summed E-state index contributed by atoms with van der Waals surface area (Å²) in [7, 11) is 4.16. The van der Waals surface area contributed by atoms with E-state index in [1.807, 2.05) is 0 Å². The van der Waals surface area contributed by atoms with Crippen LogP contribution in [0.15, 0.2) is 0 Å². The van der Waals surface area contributed by atoms with Crippen molar-refractivity contribution in [3.8, 4) is 0 Å². The molecule has 0 heterocycles. The standard InChI is InChI=1S/C9H17NO/c1-10(2)7-5-9(3-4-9)6-8-11/h8H,3-7H2,1-2H3. The Morgan fingerprint density at radius 3 is 2.45 bits per heavy atom. The summed E-state index contributed by atoms with van der Waals surface area (Å²) in [6.07, 6.45) is 5.57. The van der Waals surface area contributed by atoms with Gasteiger partial charge in [-0.2, -0.15) is 0 Å². The predicted molar refractivity (Wildman–Crippen MR) is 45.5 cm³/mol. The summed E-state index contributed by atoms with van der Waals surface area (Å²) in [5, 5.41) is 0. The van der Waals surface area contributed by atoms with Crippen LogP contribution in [-0.2, 0) is 4.79 Å². The van der Waals surface area contributed by atoms with Crippen molar-refractivity contribution in [2.24, 2.45) is 5.41 Å². The van der Waals surface area contributed by atoms with Crippen LogP contribution >= 0.6 is 0 Å². The highest BCUT2D eigenvalue weighted by Gasteiger charge is 2.41. The van der Waals surface area contributed by atoms with E-state index in [1.165, 1.54) is 19.3 Å². The lowest BCUT2D eigenvalue weighted by Gasteiger charge is -2.15. The molecular formula is C9H17NO. The topological polar surface area (TPSA) is 20.3 Å². The van der Waals surface area contributed by atoms with Gasteiger partial charge in [0.15, 0.2) is 0 Å². The van der Waals surface area contributed by atoms with Gasteiger partial charge < -0.3 is 9.69 Å². The molecule has 2 nitrogen and oxygen atoms in total. The molecule has 2 heteroatoms. The second kappa shape index (κ2) is 3.35. The van der Waals surface area contributed by atoms with E-state index in [0.717, 1.165) is 19.3 Å². The van der Waals surface area contributed by atoms with Crippen LogP contribution in [0.3, 0.4) is 0 Å². The smallest absolute Gasteiger partial charge is 0.120 e. The van der Waals surface area contributed by atoms with E-state index in [-0.39, 0.29) is 0 Å². The van der Waals surface area contributed by atoms with Crippen molar-refractivity contribution in [3.05, 3.63) is 0 Å². The van der Waals surface area contributed by atoms with Crippen molar-refractivity contribution in [1.29, 1.82) is 0 Å². The molecule has 0 saturated heterocycles. The van der Waals surface area contributed by atoms with Crippen molar-refractivity contribution < 1.29 is 4.79 Å². The van der Waals surface area contributed by atoms with Gasteiger partial charge in [0.25, 0.3) is 0 Å². The summed E-state index contributed by atoms with van der Waals surface area (Å²) in [5.41, 5.74) is 0.423. The highest BCUT2D eigenvalue weighted by Crippen LogP contribution is 2.51. The van der Waals surface area contributed by atoms with Gasteiger partial charge in [-0.15, -0.1) is 0 Å². The van der Waals surface area contributed by atoms with Gasteiger partial charge in [-0.25, -0.2) is 0 Å². The van der Waals surface area contributed by atoms with Gasteiger partial charge in [0.05, 0.1) is 0 Å². The third-order valence-electron chi connectivity index (χ3n) is 2.56. The Hall–Kier alpha value is -0.370. The van der Waals surface area contributed by atoms with Crippen molar-refractivity contribution in [1.82, 2.24) is 4.90 Å². The Morgan fingerprint density at radius 1 is 1.45 bits per heavy atom. The molecule has 1 aliphatic carbocycles. The first kappa shape index (κ1) is 8.72. The molecule has 0 bridgehead atoms. The minimum Gasteiger partial charge on any atom is -0.309 e. The molecular weight excluding hydrogens is 138 g/mol. The molecule has 0 unspecified atom stereocenters. The van der Waals surface area contributed by atoms with Gasteiger partial charge in [-0.1, -0.05) is 0 Å². The number of hydrogen-bond acceptors (Lipinski definition) is 2. The Bertz CT molecular complexity index is 138. The second-order valence-electron chi connectivity index (χ2n) is 3.92. The first-order valence-corrected chi connectivity index (χ1v) is 4.27. The normalized spacial score (nSPS) is 20.3. The molecule has 0 aromatic rings. The second-order valence-corrected chi connectivity index (χ2v) is 3.92. The van der Waals surface area contributed by atoms with Crippen LogP contribution in [0.5, 0.6) is 0 Å². The maximum atomic E-state index is 10.3. The molecule has 0 aromatic heterocycles. The van der Waals surface area contributed by atoms with Gasteiger partial charge in [0.1, 0.15) is 6.29 Å². The van der Waals surface area contributed by atoms with Crippen molar-refractivity contribution in [3.63, 3.8) is 0 Å². The Labute approximate surface area is 68.6 Å². The maximum absolute atomic E-state index is 10.3. The van der Waals surface area contributed by atoms with E-state index in [4.69, 9.17) is 0 Å². The maximum Gasteiger partial charge on any atom is 0.120 e. The molecule has 1 rings (SSSR count). The number of carbonyl (C=O) groups is 1. The quantitative estimate of drug-likeness (QED) is 0.558. The number of rotatable bonds is 5. The molecule has 0 spiro atoms. The Morgan fingerprint density at radius 2 is 2.09 bits per heavy atom. The molecule has 1 fully saturated rings. The number of aldehydes is 1. The average molecular weight is 155 g/mol. The number of hydrogen-bond donors (Lipinski definition) is 0. The fourth-order valence-electron chi connectivity index (χ4n) is 1.37.